The van der Waals surface area contributed by atoms with Crippen molar-refractivity contribution in [2.75, 3.05) is 26.7 Å². The molecule has 0 spiro atoms. The number of rotatable bonds is 2. The third kappa shape index (κ3) is 21.1. The molecule has 0 aliphatic carbocycles. The Labute approximate surface area is 182 Å². The van der Waals surface area contributed by atoms with Gasteiger partial charge in [-0.3, -0.25) is 0 Å². The minimum Gasteiger partial charge on any atom is -0.107 e. The third-order valence-electron chi connectivity index (χ3n) is 3.05. The van der Waals surface area contributed by atoms with E-state index < -0.39 is 0 Å². The summed E-state index contributed by atoms with van der Waals surface area (Å²) in [5.41, 5.74) is 0. The molecule has 0 aliphatic heterocycles. The first kappa shape index (κ1) is 30.7. The summed E-state index contributed by atoms with van der Waals surface area (Å²) < 4.78 is 0. The van der Waals surface area contributed by atoms with Gasteiger partial charge < -0.3 is 0 Å². The second kappa shape index (κ2) is 23.0. The summed E-state index contributed by atoms with van der Waals surface area (Å²) >= 11 is 0. The van der Waals surface area contributed by atoms with Crippen LogP contribution in [0, 0.1) is 23.7 Å². The SMILES string of the molecule is CC#CC.CC#CC.CP(C)c1ccccc1.CP(C)c1ccccc1.[Cr]. The average Bonchev–Trinajstić information content (AvgIpc) is 2.70. The molecule has 0 bridgehead atoms. The van der Waals surface area contributed by atoms with E-state index >= 15 is 0 Å². The third-order valence-corrected chi connectivity index (χ3v) is 5.71. The minimum atomic E-state index is 0. The first-order chi connectivity index (χ1) is 12.4. The van der Waals surface area contributed by atoms with Crippen molar-refractivity contribution < 1.29 is 17.4 Å². The van der Waals surface area contributed by atoms with Gasteiger partial charge in [0, 0.05) is 17.4 Å². The smallest absolute Gasteiger partial charge is 0 e. The van der Waals surface area contributed by atoms with Crippen LogP contribution in [0.1, 0.15) is 27.7 Å². The monoisotopic (exact) mass is 436 g/mol. The zero-order valence-electron chi connectivity index (χ0n) is 18.1. The molecule has 0 fully saturated rings. The van der Waals surface area contributed by atoms with Crippen LogP contribution in [0.2, 0.25) is 0 Å². The molecule has 0 N–H and O–H groups in total. The zero-order chi connectivity index (χ0) is 20.2. The Morgan fingerprint density at radius 1 is 0.481 bits per heavy atom. The van der Waals surface area contributed by atoms with Crippen molar-refractivity contribution in [3.63, 3.8) is 0 Å². The van der Waals surface area contributed by atoms with Crippen LogP contribution in [-0.2, 0) is 17.4 Å². The zero-order valence-corrected chi connectivity index (χ0v) is 21.1. The van der Waals surface area contributed by atoms with Gasteiger partial charge in [-0.25, -0.2) is 0 Å². The summed E-state index contributed by atoms with van der Waals surface area (Å²) in [7, 11) is 0.209. The summed E-state index contributed by atoms with van der Waals surface area (Å²) in [5, 5.41) is 2.96. The Balaban J connectivity index is -0.000000303. The topological polar surface area (TPSA) is 0 Å². The summed E-state index contributed by atoms with van der Waals surface area (Å²) in [6.07, 6.45) is 0. The van der Waals surface area contributed by atoms with Gasteiger partial charge in [-0.2, -0.15) is 0 Å². The standard InChI is InChI=1S/2C8H11P.2C4H6.Cr/c2*1-9(2)8-6-4-3-5-7-8;2*1-3-4-2;/h2*3-7H,1-2H3;2*1-2H3;. The second-order valence-corrected chi connectivity index (χ2v) is 10.1. The van der Waals surface area contributed by atoms with Crippen molar-refractivity contribution in [1.82, 2.24) is 0 Å². The van der Waals surface area contributed by atoms with Crippen LogP contribution < -0.4 is 10.6 Å². The molecule has 0 saturated heterocycles. The minimum absolute atomic E-state index is 0. The van der Waals surface area contributed by atoms with Crippen LogP contribution in [0.4, 0.5) is 0 Å². The molecule has 0 aromatic heterocycles. The van der Waals surface area contributed by atoms with Crippen LogP contribution in [0.5, 0.6) is 0 Å². The van der Waals surface area contributed by atoms with E-state index in [4.69, 9.17) is 0 Å². The first-order valence-corrected chi connectivity index (χ1v) is 13.0. The van der Waals surface area contributed by atoms with E-state index in [2.05, 4.69) is 111 Å². The molecule has 2 rings (SSSR count). The van der Waals surface area contributed by atoms with Gasteiger partial charge in [0.15, 0.2) is 0 Å². The molecule has 0 heterocycles. The number of hydrogen-bond acceptors (Lipinski definition) is 0. The summed E-state index contributed by atoms with van der Waals surface area (Å²) in [5.74, 6) is 10.7. The summed E-state index contributed by atoms with van der Waals surface area (Å²) in [6, 6.07) is 21.2. The van der Waals surface area contributed by atoms with Gasteiger partial charge >= 0.3 is 0 Å². The van der Waals surface area contributed by atoms with Crippen molar-refractivity contribution in [3.8, 4) is 23.7 Å². The van der Waals surface area contributed by atoms with Gasteiger partial charge in [-0.1, -0.05) is 76.5 Å². The van der Waals surface area contributed by atoms with Gasteiger partial charge in [0.2, 0.25) is 0 Å². The van der Waals surface area contributed by atoms with E-state index in [1.54, 1.807) is 0 Å². The maximum Gasteiger partial charge on any atom is 0 e. The molecular formula is C24H34CrP2. The molecule has 0 amide bonds. The molecule has 27 heavy (non-hydrogen) atoms. The molecular weight excluding hydrogens is 402 g/mol. The van der Waals surface area contributed by atoms with Gasteiger partial charge in [-0.05, 0) is 65.0 Å². The number of benzene rings is 2. The van der Waals surface area contributed by atoms with Crippen molar-refractivity contribution >= 4 is 26.5 Å². The van der Waals surface area contributed by atoms with Gasteiger partial charge in [-0.15, -0.1) is 23.7 Å². The predicted molar refractivity (Wildman–Crippen MR) is 128 cm³/mol. The normalized spacial score (nSPS) is 7.78. The van der Waals surface area contributed by atoms with Crippen LogP contribution in [0.15, 0.2) is 60.7 Å². The maximum absolute atomic E-state index is 2.68. The van der Waals surface area contributed by atoms with Crippen LogP contribution in [0.3, 0.4) is 0 Å². The Hall–Kier alpha value is -1.05. The second-order valence-electron chi connectivity index (χ2n) is 5.46. The molecule has 3 heteroatoms. The fraction of sp³-hybridized carbons (Fsp3) is 0.333. The van der Waals surface area contributed by atoms with Crippen molar-refractivity contribution in [3.05, 3.63) is 60.7 Å². The maximum atomic E-state index is 2.68. The quantitative estimate of drug-likeness (QED) is 0.391. The van der Waals surface area contributed by atoms with Crippen molar-refractivity contribution in [2.45, 2.75) is 27.7 Å². The summed E-state index contributed by atoms with van der Waals surface area (Å²) in [6.45, 7) is 16.4. The Morgan fingerprint density at radius 3 is 0.815 bits per heavy atom. The number of hydrogen-bond donors (Lipinski definition) is 0. The van der Waals surface area contributed by atoms with Crippen LogP contribution in [-0.4, -0.2) is 26.7 Å². The molecule has 0 aliphatic rings. The van der Waals surface area contributed by atoms with Crippen LogP contribution in [0.25, 0.3) is 0 Å². The van der Waals surface area contributed by atoms with Crippen molar-refractivity contribution in [1.29, 1.82) is 0 Å². The van der Waals surface area contributed by atoms with Gasteiger partial charge in [0.1, 0.15) is 0 Å². The van der Waals surface area contributed by atoms with E-state index in [9.17, 15) is 0 Å². The van der Waals surface area contributed by atoms with E-state index in [1.807, 2.05) is 27.7 Å². The Kier molecular flexibility index (Phi) is 26.1. The molecule has 0 unspecified atom stereocenters. The summed E-state index contributed by atoms with van der Waals surface area (Å²) in [4.78, 5) is 0. The Morgan fingerprint density at radius 2 is 0.704 bits per heavy atom. The fourth-order valence-corrected chi connectivity index (χ4v) is 2.99. The van der Waals surface area contributed by atoms with E-state index in [0.717, 1.165) is 0 Å². The van der Waals surface area contributed by atoms with Gasteiger partial charge in [0.05, 0.1) is 0 Å². The van der Waals surface area contributed by atoms with E-state index in [1.165, 1.54) is 10.6 Å². The van der Waals surface area contributed by atoms with Crippen molar-refractivity contribution in [2.24, 2.45) is 0 Å². The largest absolute Gasteiger partial charge is 0.107 e. The predicted octanol–water partition coefficient (Wildman–Crippen LogP) is 6.16. The fourth-order valence-electron chi connectivity index (χ4n) is 1.45. The molecule has 0 saturated carbocycles. The first-order valence-electron chi connectivity index (χ1n) is 8.56. The molecule has 146 valence electrons. The average molecular weight is 436 g/mol. The van der Waals surface area contributed by atoms with E-state index in [0.29, 0.717) is 0 Å². The Bertz CT molecular complexity index is 584. The van der Waals surface area contributed by atoms with Crippen LogP contribution >= 0.6 is 15.8 Å². The van der Waals surface area contributed by atoms with E-state index in [-0.39, 0.29) is 33.2 Å². The molecule has 2 aromatic rings. The molecule has 0 nitrogen and oxygen atoms in total. The molecule has 2 aromatic carbocycles. The molecule has 0 atom stereocenters. The van der Waals surface area contributed by atoms with Gasteiger partial charge in [0.25, 0.3) is 0 Å². The molecule has 0 radical (unpaired) electrons.